The first-order chi connectivity index (χ1) is 13.6. The van der Waals surface area contributed by atoms with Crippen LogP contribution in [0.1, 0.15) is 13.3 Å². The molecule has 0 saturated heterocycles. The van der Waals surface area contributed by atoms with E-state index in [0.29, 0.717) is 11.6 Å². The lowest BCUT2D eigenvalue weighted by Crippen LogP contribution is -2.24. The predicted molar refractivity (Wildman–Crippen MR) is 118 cm³/mol. The molecule has 0 aliphatic rings. The molecular formula is C19H16BrN5OS2. The van der Waals surface area contributed by atoms with Crippen molar-refractivity contribution in [2.24, 2.45) is 0 Å². The number of hydrogen-bond donors (Lipinski definition) is 2. The van der Waals surface area contributed by atoms with E-state index in [1.165, 1.54) is 23.1 Å². The van der Waals surface area contributed by atoms with Gasteiger partial charge in [-0.1, -0.05) is 70.2 Å². The number of H-pyrrole nitrogens is 1. The molecule has 0 saturated carbocycles. The molecule has 4 aromatic rings. The lowest BCUT2D eigenvalue weighted by Gasteiger charge is -2.11. The van der Waals surface area contributed by atoms with Crippen LogP contribution in [0.4, 0.5) is 5.13 Å². The molecule has 0 aliphatic heterocycles. The zero-order chi connectivity index (χ0) is 19.5. The summed E-state index contributed by atoms with van der Waals surface area (Å²) in [6.45, 7) is 1.98. The number of nitrogens with zero attached hydrogens (tertiary/aromatic N) is 3. The van der Waals surface area contributed by atoms with Gasteiger partial charge in [0.2, 0.25) is 11.0 Å². The predicted octanol–water partition coefficient (Wildman–Crippen LogP) is 5.35. The lowest BCUT2D eigenvalue weighted by atomic mass is 10.2. The van der Waals surface area contributed by atoms with Crippen LogP contribution in [0, 0.1) is 0 Å². The summed E-state index contributed by atoms with van der Waals surface area (Å²) >= 11 is 6.19. The fourth-order valence-corrected chi connectivity index (χ4v) is 4.55. The third-order valence-electron chi connectivity index (χ3n) is 4.03. The number of carbonyl (C=O) groups excluding carboxylic acids is 1. The number of aromatic nitrogens is 4. The number of benzene rings is 2. The first-order valence-corrected chi connectivity index (χ1v) is 11.1. The van der Waals surface area contributed by atoms with Crippen molar-refractivity contribution >= 4 is 61.1 Å². The van der Waals surface area contributed by atoms with E-state index >= 15 is 0 Å². The highest BCUT2D eigenvalue weighted by molar-refractivity contribution is 9.10. The van der Waals surface area contributed by atoms with Crippen LogP contribution in [0.25, 0.3) is 21.6 Å². The summed E-state index contributed by atoms with van der Waals surface area (Å²) < 4.78 is 1.00. The fourth-order valence-electron chi connectivity index (χ4n) is 2.61. The van der Waals surface area contributed by atoms with Crippen LogP contribution in [-0.2, 0) is 4.79 Å². The normalized spacial score (nSPS) is 12.2. The number of hydrogen-bond acceptors (Lipinski definition) is 6. The van der Waals surface area contributed by atoms with E-state index in [9.17, 15) is 4.79 Å². The fraction of sp³-hybridized carbons (Fsp3) is 0.158. The molecule has 4 rings (SSSR count). The van der Waals surface area contributed by atoms with Gasteiger partial charge in [0.15, 0.2) is 5.16 Å². The van der Waals surface area contributed by atoms with E-state index < -0.39 is 0 Å². The zero-order valence-electron chi connectivity index (χ0n) is 14.8. The largest absolute Gasteiger partial charge is 0.333 e. The van der Waals surface area contributed by atoms with E-state index in [1.54, 1.807) is 0 Å². The highest BCUT2D eigenvalue weighted by Gasteiger charge is 2.21. The van der Waals surface area contributed by atoms with Crippen LogP contribution in [0.5, 0.6) is 0 Å². The molecule has 1 atom stereocenters. The van der Waals surface area contributed by atoms with E-state index in [-0.39, 0.29) is 11.2 Å². The molecule has 28 heavy (non-hydrogen) atoms. The Hall–Kier alpha value is -2.23. The van der Waals surface area contributed by atoms with Crippen LogP contribution in [-0.4, -0.2) is 31.3 Å². The maximum Gasteiger partial charge on any atom is 0.239 e. The summed E-state index contributed by atoms with van der Waals surface area (Å²) in [6, 6.07) is 15.6. The molecule has 0 bridgehead atoms. The van der Waals surface area contributed by atoms with E-state index in [1.807, 2.05) is 55.5 Å². The minimum atomic E-state index is -0.277. The van der Waals surface area contributed by atoms with Gasteiger partial charge in [-0.15, -0.1) is 10.2 Å². The van der Waals surface area contributed by atoms with Gasteiger partial charge in [0, 0.05) is 10.0 Å². The molecule has 9 heteroatoms. The molecule has 1 unspecified atom stereocenters. The van der Waals surface area contributed by atoms with Crippen LogP contribution in [0.15, 0.2) is 58.2 Å². The van der Waals surface area contributed by atoms with Crippen LogP contribution in [0.2, 0.25) is 0 Å². The number of amides is 1. The van der Waals surface area contributed by atoms with Crippen molar-refractivity contribution in [2.75, 3.05) is 5.32 Å². The summed E-state index contributed by atoms with van der Waals surface area (Å²) in [7, 11) is 0. The van der Waals surface area contributed by atoms with Gasteiger partial charge in [-0.2, -0.15) is 0 Å². The van der Waals surface area contributed by atoms with Crippen LogP contribution < -0.4 is 5.32 Å². The second-order valence-electron chi connectivity index (χ2n) is 5.98. The Bertz CT molecular complexity index is 1080. The zero-order valence-corrected chi connectivity index (χ0v) is 18.1. The maximum absolute atomic E-state index is 12.7. The lowest BCUT2D eigenvalue weighted by molar-refractivity contribution is -0.115. The number of anilines is 1. The Morgan fingerprint density at radius 2 is 2.00 bits per heavy atom. The summed E-state index contributed by atoms with van der Waals surface area (Å²) in [4.78, 5) is 20.5. The molecule has 0 spiro atoms. The molecule has 2 aromatic heterocycles. The Labute approximate surface area is 178 Å². The number of carbonyl (C=O) groups is 1. The number of imidazole rings is 1. The van der Waals surface area contributed by atoms with Gasteiger partial charge in [0.1, 0.15) is 5.01 Å². The Kier molecular flexibility index (Phi) is 5.74. The van der Waals surface area contributed by atoms with E-state index in [2.05, 4.69) is 41.4 Å². The SMILES string of the molecule is CCC(Sc1nc2ccccc2[nH]1)C(=O)Nc1nnc(-c2ccc(Br)cc2)s1. The quantitative estimate of drug-likeness (QED) is 0.368. The van der Waals surface area contributed by atoms with Crippen molar-refractivity contribution in [3.63, 3.8) is 0 Å². The molecule has 2 heterocycles. The number of thioether (sulfide) groups is 1. The van der Waals surface area contributed by atoms with Crippen molar-refractivity contribution in [1.82, 2.24) is 20.2 Å². The third-order valence-corrected chi connectivity index (χ3v) is 6.70. The molecule has 1 amide bonds. The van der Waals surface area contributed by atoms with Crippen molar-refractivity contribution < 1.29 is 4.79 Å². The van der Waals surface area contributed by atoms with Crippen LogP contribution >= 0.6 is 39.0 Å². The van der Waals surface area contributed by atoms with Gasteiger partial charge in [0.25, 0.3) is 0 Å². The van der Waals surface area contributed by atoms with Gasteiger partial charge in [-0.05, 0) is 30.7 Å². The standard InChI is InChI=1S/C19H16BrN5OS2/c1-2-15(27-18-21-13-5-3-4-6-14(13)22-18)16(26)23-19-25-24-17(28-19)11-7-9-12(20)10-8-11/h3-10,15H,2H2,1H3,(H,21,22)(H,23,25,26). The van der Waals surface area contributed by atoms with Gasteiger partial charge >= 0.3 is 0 Å². The highest BCUT2D eigenvalue weighted by atomic mass is 79.9. The van der Waals surface area contributed by atoms with Gasteiger partial charge in [0.05, 0.1) is 16.3 Å². The summed E-state index contributed by atoms with van der Waals surface area (Å²) in [5.74, 6) is -0.105. The molecule has 142 valence electrons. The Balaban J connectivity index is 1.45. The second kappa shape index (κ2) is 8.42. The van der Waals surface area contributed by atoms with Crippen molar-refractivity contribution in [2.45, 2.75) is 23.8 Å². The van der Waals surface area contributed by atoms with Crippen molar-refractivity contribution in [1.29, 1.82) is 0 Å². The van der Waals surface area contributed by atoms with Gasteiger partial charge in [-0.25, -0.2) is 4.98 Å². The van der Waals surface area contributed by atoms with Crippen LogP contribution in [0.3, 0.4) is 0 Å². The number of halogens is 1. The molecule has 0 radical (unpaired) electrons. The minimum Gasteiger partial charge on any atom is -0.333 e. The molecule has 0 fully saturated rings. The topological polar surface area (TPSA) is 83.6 Å². The number of aromatic amines is 1. The Morgan fingerprint density at radius 1 is 1.21 bits per heavy atom. The highest BCUT2D eigenvalue weighted by Crippen LogP contribution is 2.29. The molecular weight excluding hydrogens is 458 g/mol. The molecule has 0 aliphatic carbocycles. The second-order valence-corrected chi connectivity index (χ2v) is 9.07. The average Bonchev–Trinajstić information content (AvgIpc) is 3.33. The number of rotatable bonds is 6. The average molecular weight is 474 g/mol. The first-order valence-electron chi connectivity index (χ1n) is 8.64. The molecule has 2 aromatic carbocycles. The number of nitrogens with one attached hydrogen (secondary N) is 2. The molecule has 6 nitrogen and oxygen atoms in total. The Morgan fingerprint density at radius 3 is 2.75 bits per heavy atom. The monoisotopic (exact) mass is 473 g/mol. The first kappa shape index (κ1) is 19.1. The summed E-state index contributed by atoms with van der Waals surface area (Å²) in [5.41, 5.74) is 2.82. The van der Waals surface area contributed by atoms with Gasteiger partial charge < -0.3 is 4.98 Å². The van der Waals surface area contributed by atoms with E-state index in [0.717, 1.165) is 31.2 Å². The number of fused-ring (bicyclic) bond motifs is 1. The van der Waals surface area contributed by atoms with Gasteiger partial charge in [-0.3, -0.25) is 10.1 Å². The summed E-state index contributed by atoms with van der Waals surface area (Å²) in [6.07, 6.45) is 0.673. The smallest absolute Gasteiger partial charge is 0.239 e. The van der Waals surface area contributed by atoms with Crippen molar-refractivity contribution in [3.8, 4) is 10.6 Å². The molecule has 2 N–H and O–H groups in total. The van der Waals surface area contributed by atoms with Crippen molar-refractivity contribution in [3.05, 3.63) is 53.0 Å². The maximum atomic E-state index is 12.7. The van der Waals surface area contributed by atoms with E-state index in [4.69, 9.17) is 0 Å². The minimum absolute atomic E-state index is 0.105. The third kappa shape index (κ3) is 4.26. The summed E-state index contributed by atoms with van der Waals surface area (Å²) in [5, 5.41) is 12.9. The number of para-hydroxylation sites is 2.